The van der Waals surface area contributed by atoms with Gasteiger partial charge in [0, 0.05) is 0 Å². The molecule has 9 heteroatoms. The maximum atomic E-state index is 11.8. The molecule has 0 bridgehead atoms. The highest BCUT2D eigenvalue weighted by Crippen LogP contribution is 2.31. The number of carbonyl (C=O) groups excluding carboxylic acids is 1. The molecule has 0 aromatic carbocycles. The lowest BCUT2D eigenvalue weighted by atomic mass is 10.4. The lowest BCUT2D eigenvalue weighted by Crippen LogP contribution is -2.10. The quantitative estimate of drug-likeness (QED) is 0.690. The molecule has 0 aliphatic heterocycles. The summed E-state index contributed by atoms with van der Waals surface area (Å²) < 4.78 is 11.9. The van der Waals surface area contributed by atoms with Crippen LogP contribution < -0.4 is 5.32 Å². The van der Waals surface area contributed by atoms with Gasteiger partial charge in [0.25, 0.3) is 11.8 Å². The van der Waals surface area contributed by atoms with Gasteiger partial charge in [-0.05, 0) is 56.1 Å². The van der Waals surface area contributed by atoms with Gasteiger partial charge >= 0.3 is 6.01 Å². The van der Waals surface area contributed by atoms with E-state index < -0.39 is 5.91 Å². The van der Waals surface area contributed by atoms with E-state index in [0.29, 0.717) is 10.6 Å². The van der Waals surface area contributed by atoms with Crippen LogP contribution in [0.5, 0.6) is 0 Å². The number of amides is 1. The Morgan fingerprint density at radius 2 is 2.00 bits per heavy atom. The highest BCUT2D eigenvalue weighted by Gasteiger charge is 2.16. The van der Waals surface area contributed by atoms with E-state index in [1.54, 1.807) is 6.07 Å². The Morgan fingerprint density at radius 3 is 2.65 bits per heavy atom. The summed E-state index contributed by atoms with van der Waals surface area (Å²) in [5, 5.41) is 10.1. The Bertz CT molecular complexity index is 764. The van der Waals surface area contributed by atoms with Crippen molar-refractivity contribution in [1.29, 1.82) is 0 Å². The number of halogens is 2. The number of nitrogens with zero attached hydrogens (tertiary/aromatic N) is 2. The van der Waals surface area contributed by atoms with Crippen molar-refractivity contribution in [1.82, 2.24) is 10.2 Å². The number of anilines is 1. The molecular formula is C11H5Br2N3O3S. The van der Waals surface area contributed by atoms with Crippen LogP contribution in [0.1, 0.15) is 10.6 Å². The summed E-state index contributed by atoms with van der Waals surface area (Å²) in [5.74, 6) is 0.0328. The van der Waals surface area contributed by atoms with Gasteiger partial charge in [-0.25, -0.2) is 0 Å². The third-order valence-corrected chi connectivity index (χ3v) is 4.26. The standard InChI is InChI=1S/C11H5Br2N3O3S/c12-7-3-1-5(18-7)9(17)14-11-16-15-10(19-11)6-2-4-8(13)20-6/h1-4H,(H,14,16,17). The lowest BCUT2D eigenvalue weighted by molar-refractivity contribution is 0.0992. The molecule has 0 atom stereocenters. The molecule has 0 aliphatic carbocycles. The first-order valence-electron chi connectivity index (χ1n) is 5.28. The summed E-state index contributed by atoms with van der Waals surface area (Å²) in [6.45, 7) is 0. The second-order valence-electron chi connectivity index (χ2n) is 3.57. The zero-order valence-corrected chi connectivity index (χ0v) is 13.6. The third-order valence-electron chi connectivity index (χ3n) is 2.23. The van der Waals surface area contributed by atoms with Crippen LogP contribution in [0.2, 0.25) is 0 Å². The fourth-order valence-corrected chi connectivity index (χ4v) is 3.01. The van der Waals surface area contributed by atoms with Gasteiger partial charge in [0.2, 0.25) is 0 Å². The molecule has 0 aliphatic rings. The molecule has 102 valence electrons. The Labute approximate surface area is 133 Å². The monoisotopic (exact) mass is 417 g/mol. The minimum absolute atomic E-state index is 0.0158. The van der Waals surface area contributed by atoms with E-state index in [1.165, 1.54) is 17.4 Å². The molecule has 0 spiro atoms. The van der Waals surface area contributed by atoms with Crippen molar-refractivity contribution in [2.75, 3.05) is 5.32 Å². The maximum absolute atomic E-state index is 11.8. The number of hydrogen-bond acceptors (Lipinski definition) is 6. The van der Waals surface area contributed by atoms with Crippen molar-refractivity contribution < 1.29 is 13.6 Å². The Hall–Kier alpha value is -1.45. The minimum atomic E-state index is -0.460. The molecular weight excluding hydrogens is 414 g/mol. The molecule has 0 saturated heterocycles. The first-order chi connectivity index (χ1) is 9.61. The van der Waals surface area contributed by atoms with Gasteiger partial charge in [0.1, 0.15) is 0 Å². The smallest absolute Gasteiger partial charge is 0.322 e. The number of hydrogen-bond donors (Lipinski definition) is 1. The Balaban J connectivity index is 1.76. The molecule has 3 aromatic rings. The number of aromatic nitrogens is 2. The van der Waals surface area contributed by atoms with Gasteiger partial charge in [-0.3, -0.25) is 10.1 Å². The van der Waals surface area contributed by atoms with Crippen LogP contribution in [0.15, 0.2) is 41.6 Å². The summed E-state index contributed by atoms with van der Waals surface area (Å²) in [6, 6.07) is 6.90. The summed E-state index contributed by atoms with van der Waals surface area (Å²) in [7, 11) is 0. The normalized spacial score (nSPS) is 10.7. The molecule has 0 saturated carbocycles. The Kier molecular flexibility index (Phi) is 3.72. The van der Waals surface area contributed by atoms with E-state index in [-0.39, 0.29) is 11.8 Å². The highest BCUT2D eigenvalue weighted by atomic mass is 79.9. The zero-order chi connectivity index (χ0) is 14.1. The van der Waals surface area contributed by atoms with E-state index in [0.717, 1.165) is 8.66 Å². The number of rotatable bonds is 3. The van der Waals surface area contributed by atoms with Gasteiger partial charge in [-0.2, -0.15) is 0 Å². The third kappa shape index (κ3) is 2.84. The largest absolute Gasteiger partial charge is 0.444 e. The molecule has 20 heavy (non-hydrogen) atoms. The summed E-state index contributed by atoms with van der Waals surface area (Å²) in [5.41, 5.74) is 0. The predicted octanol–water partition coefficient (Wildman–Crippen LogP) is 4.17. The van der Waals surface area contributed by atoms with Crippen molar-refractivity contribution in [3.8, 4) is 10.8 Å². The topological polar surface area (TPSA) is 81.2 Å². The number of nitrogens with one attached hydrogen (secondary N) is 1. The first-order valence-corrected chi connectivity index (χ1v) is 7.68. The average molecular weight is 419 g/mol. The average Bonchev–Trinajstić information content (AvgIpc) is 3.10. The Morgan fingerprint density at radius 1 is 1.15 bits per heavy atom. The fraction of sp³-hybridized carbons (Fsp3) is 0. The van der Waals surface area contributed by atoms with Crippen LogP contribution in [-0.2, 0) is 0 Å². The molecule has 3 rings (SSSR count). The van der Waals surface area contributed by atoms with Crippen molar-refractivity contribution in [2.24, 2.45) is 0 Å². The number of furan rings is 1. The summed E-state index contributed by atoms with van der Waals surface area (Å²) >= 11 is 7.93. The first kappa shape index (κ1) is 13.5. The molecule has 0 fully saturated rings. The summed E-state index contributed by atoms with van der Waals surface area (Å²) in [6.07, 6.45) is 0. The van der Waals surface area contributed by atoms with Crippen molar-refractivity contribution in [3.63, 3.8) is 0 Å². The van der Waals surface area contributed by atoms with E-state index >= 15 is 0 Å². The van der Waals surface area contributed by atoms with Crippen LogP contribution in [-0.4, -0.2) is 16.1 Å². The number of carbonyl (C=O) groups is 1. The van der Waals surface area contributed by atoms with E-state index in [4.69, 9.17) is 8.83 Å². The van der Waals surface area contributed by atoms with Crippen LogP contribution in [0.25, 0.3) is 10.8 Å². The predicted molar refractivity (Wildman–Crippen MR) is 79.7 cm³/mol. The molecule has 3 aromatic heterocycles. The summed E-state index contributed by atoms with van der Waals surface area (Å²) in [4.78, 5) is 12.6. The minimum Gasteiger partial charge on any atom is -0.444 e. The van der Waals surface area contributed by atoms with Crippen LogP contribution in [0, 0.1) is 0 Å². The second-order valence-corrected chi connectivity index (χ2v) is 6.82. The van der Waals surface area contributed by atoms with E-state index in [2.05, 4.69) is 47.4 Å². The van der Waals surface area contributed by atoms with Gasteiger partial charge in [0.15, 0.2) is 10.4 Å². The lowest BCUT2D eigenvalue weighted by Gasteiger charge is -1.95. The van der Waals surface area contributed by atoms with Gasteiger partial charge in [0.05, 0.1) is 8.66 Å². The van der Waals surface area contributed by atoms with E-state index in [9.17, 15) is 4.79 Å². The molecule has 3 heterocycles. The van der Waals surface area contributed by atoms with Crippen molar-refractivity contribution in [2.45, 2.75) is 0 Å². The van der Waals surface area contributed by atoms with Crippen molar-refractivity contribution >= 4 is 55.1 Å². The SMILES string of the molecule is O=C(Nc1nnc(-c2ccc(Br)s2)o1)c1ccc(Br)o1. The second kappa shape index (κ2) is 5.51. The van der Waals surface area contributed by atoms with Crippen LogP contribution >= 0.6 is 43.2 Å². The van der Waals surface area contributed by atoms with Gasteiger partial charge in [-0.15, -0.1) is 16.4 Å². The van der Waals surface area contributed by atoms with Crippen LogP contribution in [0.4, 0.5) is 6.01 Å². The highest BCUT2D eigenvalue weighted by molar-refractivity contribution is 9.11. The van der Waals surface area contributed by atoms with E-state index in [1.807, 2.05) is 12.1 Å². The molecule has 0 radical (unpaired) electrons. The van der Waals surface area contributed by atoms with Crippen LogP contribution in [0.3, 0.4) is 0 Å². The van der Waals surface area contributed by atoms with Gasteiger partial charge in [-0.1, -0.05) is 5.10 Å². The fourth-order valence-electron chi connectivity index (χ4n) is 1.40. The maximum Gasteiger partial charge on any atom is 0.322 e. The van der Waals surface area contributed by atoms with Crippen molar-refractivity contribution in [3.05, 3.63) is 38.5 Å². The zero-order valence-electron chi connectivity index (χ0n) is 9.59. The number of thiophene rings is 1. The molecule has 6 nitrogen and oxygen atoms in total. The molecule has 1 amide bonds. The van der Waals surface area contributed by atoms with Gasteiger partial charge < -0.3 is 8.83 Å². The molecule has 1 N–H and O–H groups in total. The molecule has 0 unspecified atom stereocenters.